The molecular formula is C14H18N2O3S. The van der Waals surface area contributed by atoms with Crippen molar-refractivity contribution in [1.29, 1.82) is 5.26 Å². The summed E-state index contributed by atoms with van der Waals surface area (Å²) in [7, 11) is -3.34. The maximum absolute atomic E-state index is 12.2. The number of benzene rings is 1. The molecule has 6 heteroatoms. The molecule has 0 saturated heterocycles. The Morgan fingerprint density at radius 1 is 1.25 bits per heavy atom. The number of hydrogen-bond acceptors (Lipinski definition) is 5. The number of aliphatic hydroxyl groups excluding tert-OH is 1. The minimum atomic E-state index is -3.34. The van der Waals surface area contributed by atoms with Crippen LogP contribution in [0.25, 0.3) is 0 Å². The SMILES string of the molecule is N#Cc1ccc(S(=O)(=O)CCN(CCO)C2CC2)cc1. The summed E-state index contributed by atoms with van der Waals surface area (Å²) in [4.78, 5) is 2.28. The van der Waals surface area contributed by atoms with Gasteiger partial charge in [0.25, 0.3) is 0 Å². The van der Waals surface area contributed by atoms with E-state index in [0.29, 0.717) is 24.7 Å². The van der Waals surface area contributed by atoms with Crippen molar-refractivity contribution in [2.24, 2.45) is 0 Å². The highest BCUT2D eigenvalue weighted by molar-refractivity contribution is 7.91. The Morgan fingerprint density at radius 2 is 1.90 bits per heavy atom. The second-order valence-corrected chi connectivity index (χ2v) is 7.05. The number of sulfone groups is 1. The van der Waals surface area contributed by atoms with Crippen LogP contribution in [-0.2, 0) is 9.84 Å². The van der Waals surface area contributed by atoms with Gasteiger partial charge in [0.1, 0.15) is 0 Å². The summed E-state index contributed by atoms with van der Waals surface area (Å²) in [5.41, 5.74) is 0.448. The molecule has 0 heterocycles. The molecule has 1 saturated carbocycles. The lowest BCUT2D eigenvalue weighted by atomic mass is 10.2. The van der Waals surface area contributed by atoms with Gasteiger partial charge in [0.05, 0.1) is 28.9 Å². The monoisotopic (exact) mass is 294 g/mol. The topological polar surface area (TPSA) is 81.4 Å². The molecule has 0 aromatic heterocycles. The Balaban J connectivity index is 2.00. The van der Waals surface area contributed by atoms with Crippen LogP contribution in [-0.4, -0.2) is 49.9 Å². The first kappa shape index (κ1) is 15.0. The van der Waals surface area contributed by atoms with Crippen LogP contribution in [0.3, 0.4) is 0 Å². The molecule has 0 bridgehead atoms. The van der Waals surface area contributed by atoms with E-state index in [1.54, 1.807) is 0 Å². The molecule has 1 aromatic rings. The van der Waals surface area contributed by atoms with E-state index in [1.165, 1.54) is 24.3 Å². The van der Waals surface area contributed by atoms with Gasteiger partial charge in [-0.1, -0.05) is 0 Å². The predicted octanol–water partition coefficient (Wildman–Crippen LogP) is 0.789. The highest BCUT2D eigenvalue weighted by Crippen LogP contribution is 2.26. The number of aliphatic hydroxyl groups is 1. The van der Waals surface area contributed by atoms with Gasteiger partial charge in [0.2, 0.25) is 0 Å². The molecule has 0 aliphatic heterocycles. The molecule has 108 valence electrons. The third-order valence-corrected chi connectivity index (χ3v) is 5.15. The third-order valence-electron chi connectivity index (χ3n) is 3.44. The third kappa shape index (κ3) is 3.79. The van der Waals surface area contributed by atoms with Crippen LogP contribution in [0.1, 0.15) is 18.4 Å². The van der Waals surface area contributed by atoms with Gasteiger partial charge in [-0.3, -0.25) is 4.90 Å². The summed E-state index contributed by atoms with van der Waals surface area (Å²) in [6.45, 7) is 1.01. The second kappa shape index (κ2) is 6.35. The Kier molecular flexibility index (Phi) is 4.76. The summed E-state index contributed by atoms with van der Waals surface area (Å²) in [6.07, 6.45) is 2.16. The normalized spacial score (nSPS) is 15.2. The standard InChI is InChI=1S/C14H18N2O3S/c15-11-12-1-5-14(6-2-12)20(18,19)10-8-16(7-9-17)13-3-4-13/h1-2,5-6,13,17H,3-4,7-10H2. The van der Waals surface area contributed by atoms with E-state index in [4.69, 9.17) is 10.4 Å². The van der Waals surface area contributed by atoms with Crippen molar-refractivity contribution in [3.8, 4) is 6.07 Å². The van der Waals surface area contributed by atoms with E-state index in [9.17, 15) is 8.42 Å². The molecular weight excluding hydrogens is 276 g/mol. The van der Waals surface area contributed by atoms with Crippen molar-refractivity contribution in [3.05, 3.63) is 29.8 Å². The molecule has 0 unspecified atom stereocenters. The van der Waals surface area contributed by atoms with Gasteiger partial charge in [-0.05, 0) is 37.1 Å². The highest BCUT2D eigenvalue weighted by Gasteiger charge is 2.29. The lowest BCUT2D eigenvalue weighted by Crippen LogP contribution is -2.33. The number of nitrogens with zero attached hydrogens (tertiary/aromatic N) is 2. The van der Waals surface area contributed by atoms with Crippen LogP contribution in [0.2, 0.25) is 0 Å². The van der Waals surface area contributed by atoms with E-state index < -0.39 is 9.84 Å². The van der Waals surface area contributed by atoms with E-state index >= 15 is 0 Å². The Labute approximate surface area is 119 Å². The van der Waals surface area contributed by atoms with E-state index in [0.717, 1.165) is 12.8 Å². The van der Waals surface area contributed by atoms with Gasteiger partial charge in [0.15, 0.2) is 9.84 Å². The highest BCUT2D eigenvalue weighted by atomic mass is 32.2. The summed E-state index contributed by atoms with van der Waals surface area (Å²) in [6, 6.07) is 8.37. The van der Waals surface area contributed by atoms with Gasteiger partial charge in [-0.2, -0.15) is 5.26 Å². The zero-order valence-electron chi connectivity index (χ0n) is 11.2. The van der Waals surface area contributed by atoms with Crippen molar-refractivity contribution < 1.29 is 13.5 Å². The van der Waals surface area contributed by atoms with Crippen molar-refractivity contribution >= 4 is 9.84 Å². The minimum absolute atomic E-state index is 0.0371. The molecule has 1 N–H and O–H groups in total. The average Bonchev–Trinajstić information content (AvgIpc) is 3.28. The summed E-state index contributed by atoms with van der Waals surface area (Å²) >= 11 is 0. The molecule has 0 radical (unpaired) electrons. The molecule has 0 atom stereocenters. The van der Waals surface area contributed by atoms with Crippen LogP contribution < -0.4 is 0 Å². The van der Waals surface area contributed by atoms with Gasteiger partial charge in [-0.25, -0.2) is 8.42 Å². The van der Waals surface area contributed by atoms with Gasteiger partial charge in [0, 0.05) is 19.1 Å². The first-order valence-corrected chi connectivity index (χ1v) is 8.30. The van der Waals surface area contributed by atoms with E-state index in [-0.39, 0.29) is 17.3 Å². The second-order valence-electron chi connectivity index (χ2n) is 4.95. The molecule has 1 aliphatic rings. The van der Waals surface area contributed by atoms with E-state index in [1.807, 2.05) is 11.0 Å². The maximum Gasteiger partial charge on any atom is 0.179 e. The van der Waals surface area contributed by atoms with Crippen LogP contribution >= 0.6 is 0 Å². The van der Waals surface area contributed by atoms with Gasteiger partial charge in [-0.15, -0.1) is 0 Å². The molecule has 1 aliphatic carbocycles. The first-order valence-electron chi connectivity index (χ1n) is 6.64. The smallest absolute Gasteiger partial charge is 0.179 e. The summed E-state index contributed by atoms with van der Waals surface area (Å²) in [5, 5.41) is 17.7. The van der Waals surface area contributed by atoms with Crippen LogP contribution in [0, 0.1) is 11.3 Å². The predicted molar refractivity (Wildman–Crippen MR) is 74.9 cm³/mol. The van der Waals surface area contributed by atoms with Crippen LogP contribution in [0.4, 0.5) is 0 Å². The van der Waals surface area contributed by atoms with Gasteiger partial charge >= 0.3 is 0 Å². The Morgan fingerprint density at radius 3 is 2.40 bits per heavy atom. The maximum atomic E-state index is 12.2. The number of hydrogen-bond donors (Lipinski definition) is 1. The molecule has 1 fully saturated rings. The average molecular weight is 294 g/mol. The van der Waals surface area contributed by atoms with Crippen molar-refractivity contribution in [1.82, 2.24) is 4.90 Å². The number of nitriles is 1. The zero-order chi connectivity index (χ0) is 14.6. The fourth-order valence-corrected chi connectivity index (χ4v) is 3.40. The Hall–Kier alpha value is -1.42. The zero-order valence-corrected chi connectivity index (χ0v) is 12.0. The first-order chi connectivity index (χ1) is 9.56. The lowest BCUT2D eigenvalue weighted by molar-refractivity contribution is 0.196. The van der Waals surface area contributed by atoms with Crippen molar-refractivity contribution in [3.63, 3.8) is 0 Å². The molecule has 0 spiro atoms. The summed E-state index contributed by atoms with van der Waals surface area (Å²) in [5.74, 6) is 0.0371. The lowest BCUT2D eigenvalue weighted by Gasteiger charge is -2.20. The Bertz CT molecular complexity index is 586. The fourth-order valence-electron chi connectivity index (χ4n) is 2.14. The fraction of sp³-hybridized carbons (Fsp3) is 0.500. The van der Waals surface area contributed by atoms with Gasteiger partial charge < -0.3 is 5.11 Å². The molecule has 5 nitrogen and oxygen atoms in total. The van der Waals surface area contributed by atoms with Crippen molar-refractivity contribution in [2.45, 2.75) is 23.8 Å². The molecule has 20 heavy (non-hydrogen) atoms. The van der Waals surface area contributed by atoms with E-state index in [2.05, 4.69) is 0 Å². The molecule has 2 rings (SSSR count). The largest absolute Gasteiger partial charge is 0.395 e. The molecule has 1 aromatic carbocycles. The van der Waals surface area contributed by atoms with Crippen LogP contribution in [0.15, 0.2) is 29.2 Å². The van der Waals surface area contributed by atoms with Crippen molar-refractivity contribution in [2.75, 3.05) is 25.4 Å². The minimum Gasteiger partial charge on any atom is -0.395 e. The quantitative estimate of drug-likeness (QED) is 0.804. The summed E-state index contributed by atoms with van der Waals surface area (Å²) < 4.78 is 24.4. The number of rotatable bonds is 7. The van der Waals surface area contributed by atoms with Crippen LogP contribution in [0.5, 0.6) is 0 Å². The molecule has 0 amide bonds.